The van der Waals surface area contributed by atoms with Gasteiger partial charge in [-0.15, -0.1) is 11.3 Å². The van der Waals surface area contributed by atoms with E-state index in [0.717, 1.165) is 24.2 Å². The third-order valence-corrected chi connectivity index (χ3v) is 5.73. The van der Waals surface area contributed by atoms with Gasteiger partial charge in [-0.2, -0.15) is 0 Å². The molecule has 0 bridgehead atoms. The van der Waals surface area contributed by atoms with Gasteiger partial charge in [0.05, 0.1) is 4.88 Å². The van der Waals surface area contributed by atoms with Crippen LogP contribution in [0.15, 0.2) is 17.5 Å². The van der Waals surface area contributed by atoms with Crippen LogP contribution in [0.1, 0.15) is 42.3 Å². The molecule has 1 aliphatic heterocycles. The minimum absolute atomic E-state index is 0.0318. The zero-order valence-electron chi connectivity index (χ0n) is 13.8. The maximum absolute atomic E-state index is 12.7. The number of nitrogens with one attached hydrogen (secondary N) is 3. The van der Waals surface area contributed by atoms with Crippen LogP contribution in [0.5, 0.6) is 0 Å². The molecule has 3 rings (SSSR count). The summed E-state index contributed by atoms with van der Waals surface area (Å²) in [5.74, 6) is -1.40. The van der Waals surface area contributed by atoms with E-state index < -0.39 is 29.9 Å². The van der Waals surface area contributed by atoms with Crippen molar-refractivity contribution < 1.29 is 19.2 Å². The second-order valence-corrected chi connectivity index (χ2v) is 7.37. The predicted octanol–water partition coefficient (Wildman–Crippen LogP) is 1.01. The number of nitrogens with zero attached hydrogens (tertiary/aromatic N) is 1. The third-order valence-electron chi connectivity index (χ3n) is 4.86. The first-order chi connectivity index (χ1) is 11.9. The molecule has 1 aromatic heterocycles. The first-order valence-corrected chi connectivity index (χ1v) is 9.09. The third kappa shape index (κ3) is 3.23. The summed E-state index contributed by atoms with van der Waals surface area (Å²) in [6.07, 6.45) is 3.35. The molecule has 2 atom stereocenters. The Labute approximate surface area is 148 Å². The number of hydrogen-bond donors (Lipinski definition) is 3. The van der Waals surface area contributed by atoms with Gasteiger partial charge in [0.1, 0.15) is 12.1 Å². The van der Waals surface area contributed by atoms with Crippen LogP contribution in [0.3, 0.4) is 0 Å². The molecule has 1 spiro atoms. The maximum atomic E-state index is 12.7. The molecule has 1 saturated heterocycles. The van der Waals surface area contributed by atoms with E-state index in [9.17, 15) is 19.2 Å². The average Bonchev–Trinajstić information content (AvgIpc) is 3.20. The smallest absolute Gasteiger partial charge is 0.323 e. The van der Waals surface area contributed by atoms with Gasteiger partial charge in [0.2, 0.25) is 0 Å². The van der Waals surface area contributed by atoms with Crippen molar-refractivity contribution in [1.82, 2.24) is 21.1 Å². The first kappa shape index (κ1) is 17.4. The topological polar surface area (TPSA) is 108 Å². The minimum atomic E-state index is -0.893. The normalized spacial score (nSPS) is 25.8. The zero-order valence-corrected chi connectivity index (χ0v) is 14.6. The second-order valence-electron chi connectivity index (χ2n) is 6.42. The Balaban J connectivity index is 1.58. The second kappa shape index (κ2) is 6.83. The monoisotopic (exact) mass is 364 g/mol. The van der Waals surface area contributed by atoms with Gasteiger partial charge < -0.3 is 5.32 Å². The van der Waals surface area contributed by atoms with Crippen molar-refractivity contribution in [3.05, 3.63) is 22.4 Å². The van der Waals surface area contributed by atoms with E-state index in [4.69, 9.17) is 0 Å². The molecule has 0 aromatic carbocycles. The lowest BCUT2D eigenvalue weighted by Crippen LogP contribution is -2.54. The first-order valence-electron chi connectivity index (χ1n) is 8.21. The molecule has 2 fully saturated rings. The number of urea groups is 1. The standard InChI is InChI=1S/C16H20N4O4S/c1-10-5-2-3-7-16(10)14(23)20(15(24)17-16)9-12(21)18-19-13(22)11-6-4-8-25-11/h4,6,8,10H,2-3,5,7,9H2,1H3,(H,17,24)(H,18,21)(H,19,22)/t10-,16+/m0/s1. The maximum Gasteiger partial charge on any atom is 0.325 e. The number of hydrogen-bond acceptors (Lipinski definition) is 5. The van der Waals surface area contributed by atoms with Gasteiger partial charge in [-0.1, -0.05) is 25.8 Å². The molecule has 1 saturated carbocycles. The minimum Gasteiger partial charge on any atom is -0.323 e. The lowest BCUT2D eigenvalue weighted by atomic mass is 9.73. The Kier molecular flexibility index (Phi) is 4.76. The predicted molar refractivity (Wildman–Crippen MR) is 90.5 cm³/mol. The van der Waals surface area contributed by atoms with Gasteiger partial charge in [-0.3, -0.25) is 30.1 Å². The summed E-state index contributed by atoms with van der Waals surface area (Å²) >= 11 is 1.24. The van der Waals surface area contributed by atoms with Crippen molar-refractivity contribution in [2.75, 3.05) is 6.54 Å². The van der Waals surface area contributed by atoms with Crippen LogP contribution in [0.25, 0.3) is 0 Å². The molecular formula is C16H20N4O4S. The molecule has 1 aromatic rings. The van der Waals surface area contributed by atoms with Crippen LogP contribution >= 0.6 is 11.3 Å². The van der Waals surface area contributed by atoms with Crippen LogP contribution in [-0.4, -0.2) is 40.7 Å². The number of rotatable bonds is 3. The molecule has 0 unspecified atom stereocenters. The van der Waals surface area contributed by atoms with E-state index in [0.29, 0.717) is 11.3 Å². The van der Waals surface area contributed by atoms with E-state index in [1.807, 2.05) is 6.92 Å². The van der Waals surface area contributed by atoms with Crippen LogP contribution in [-0.2, 0) is 9.59 Å². The molecule has 9 heteroatoms. The van der Waals surface area contributed by atoms with Gasteiger partial charge >= 0.3 is 6.03 Å². The number of carbonyl (C=O) groups is 4. The van der Waals surface area contributed by atoms with Crippen LogP contribution in [0.2, 0.25) is 0 Å². The fourth-order valence-electron chi connectivity index (χ4n) is 3.42. The summed E-state index contributed by atoms with van der Waals surface area (Å²) in [4.78, 5) is 50.1. The molecule has 0 radical (unpaired) electrons. The van der Waals surface area contributed by atoms with E-state index in [2.05, 4.69) is 16.2 Å². The zero-order chi connectivity index (χ0) is 18.0. The lowest BCUT2D eigenvalue weighted by molar-refractivity contribution is -0.137. The van der Waals surface area contributed by atoms with Gasteiger partial charge in [0, 0.05) is 0 Å². The summed E-state index contributed by atoms with van der Waals surface area (Å²) in [6.45, 7) is 1.52. The summed E-state index contributed by atoms with van der Waals surface area (Å²) in [7, 11) is 0. The van der Waals surface area contributed by atoms with E-state index in [1.165, 1.54) is 11.3 Å². The van der Waals surface area contributed by atoms with Crippen molar-refractivity contribution in [2.45, 2.75) is 38.1 Å². The van der Waals surface area contributed by atoms with Crippen LogP contribution in [0.4, 0.5) is 4.79 Å². The van der Waals surface area contributed by atoms with Gasteiger partial charge in [0.15, 0.2) is 0 Å². The van der Waals surface area contributed by atoms with E-state index >= 15 is 0 Å². The fraction of sp³-hybridized carbons (Fsp3) is 0.500. The summed E-state index contributed by atoms with van der Waals surface area (Å²) in [5, 5.41) is 4.53. The number of hydrazine groups is 1. The quantitative estimate of drug-likeness (QED) is 0.549. The number of imide groups is 1. The van der Waals surface area contributed by atoms with Crippen LogP contribution in [0, 0.1) is 5.92 Å². The van der Waals surface area contributed by atoms with E-state index in [1.54, 1.807) is 17.5 Å². The summed E-state index contributed by atoms with van der Waals surface area (Å²) in [5.41, 5.74) is 3.61. The van der Waals surface area contributed by atoms with Crippen molar-refractivity contribution >= 4 is 35.1 Å². The molecule has 2 heterocycles. The van der Waals surface area contributed by atoms with Crippen LogP contribution < -0.4 is 16.2 Å². The van der Waals surface area contributed by atoms with Crippen molar-refractivity contribution in [3.8, 4) is 0 Å². The Morgan fingerprint density at radius 2 is 2.16 bits per heavy atom. The van der Waals surface area contributed by atoms with Crippen molar-refractivity contribution in [1.29, 1.82) is 0 Å². The Bertz CT molecular complexity index is 705. The Hall–Kier alpha value is -2.42. The molecule has 8 nitrogen and oxygen atoms in total. The average molecular weight is 364 g/mol. The summed E-state index contributed by atoms with van der Waals surface area (Å²) in [6, 6.07) is 2.79. The highest BCUT2D eigenvalue weighted by atomic mass is 32.1. The summed E-state index contributed by atoms with van der Waals surface area (Å²) < 4.78 is 0. The van der Waals surface area contributed by atoms with Gasteiger partial charge in [-0.25, -0.2) is 4.79 Å². The van der Waals surface area contributed by atoms with E-state index in [-0.39, 0.29) is 11.8 Å². The molecule has 25 heavy (non-hydrogen) atoms. The number of carbonyl (C=O) groups excluding carboxylic acids is 4. The molecule has 5 amide bonds. The Morgan fingerprint density at radius 3 is 2.84 bits per heavy atom. The highest BCUT2D eigenvalue weighted by molar-refractivity contribution is 7.12. The van der Waals surface area contributed by atoms with Crippen molar-refractivity contribution in [3.63, 3.8) is 0 Å². The largest absolute Gasteiger partial charge is 0.325 e. The molecule has 1 aliphatic carbocycles. The SMILES string of the molecule is C[C@H]1CCCC[C@@]12NC(=O)N(CC(=O)NNC(=O)c1cccs1)C2=O. The molecule has 3 N–H and O–H groups in total. The molecule has 2 aliphatic rings. The Morgan fingerprint density at radius 1 is 1.36 bits per heavy atom. The van der Waals surface area contributed by atoms with Crippen molar-refractivity contribution in [2.24, 2.45) is 5.92 Å². The number of thiophene rings is 1. The van der Waals surface area contributed by atoms with Gasteiger partial charge in [0.25, 0.3) is 17.7 Å². The molecular weight excluding hydrogens is 344 g/mol. The fourth-order valence-corrected chi connectivity index (χ4v) is 4.04. The lowest BCUT2D eigenvalue weighted by Gasteiger charge is -2.36. The number of amides is 5. The van der Waals surface area contributed by atoms with Gasteiger partial charge in [-0.05, 0) is 30.2 Å². The highest BCUT2D eigenvalue weighted by Gasteiger charge is 2.55. The molecule has 134 valence electrons. The highest BCUT2D eigenvalue weighted by Crippen LogP contribution is 2.38.